The highest BCUT2D eigenvalue weighted by Crippen LogP contribution is 2.26. The zero-order valence-electron chi connectivity index (χ0n) is 10.7. The SMILES string of the molecule is C=Cc1ccc(CC(=O)N2CCCC(F)(F)C2)cc1. The molecule has 0 bridgehead atoms. The molecule has 0 saturated carbocycles. The molecule has 1 aliphatic rings. The van der Waals surface area contributed by atoms with Gasteiger partial charge in [0.1, 0.15) is 0 Å². The van der Waals surface area contributed by atoms with Gasteiger partial charge in [-0.15, -0.1) is 0 Å². The summed E-state index contributed by atoms with van der Waals surface area (Å²) in [4.78, 5) is 13.3. The van der Waals surface area contributed by atoms with Crippen LogP contribution in [0.5, 0.6) is 0 Å². The maximum absolute atomic E-state index is 13.2. The van der Waals surface area contributed by atoms with Crippen molar-refractivity contribution in [2.24, 2.45) is 0 Å². The van der Waals surface area contributed by atoms with Crippen LogP contribution in [0.25, 0.3) is 6.08 Å². The molecule has 1 aromatic rings. The predicted molar refractivity (Wildman–Crippen MR) is 71.0 cm³/mol. The van der Waals surface area contributed by atoms with E-state index in [2.05, 4.69) is 6.58 Å². The van der Waals surface area contributed by atoms with E-state index in [4.69, 9.17) is 0 Å². The van der Waals surface area contributed by atoms with Crippen molar-refractivity contribution in [1.29, 1.82) is 0 Å². The molecule has 19 heavy (non-hydrogen) atoms. The zero-order chi connectivity index (χ0) is 13.9. The highest BCUT2D eigenvalue weighted by Gasteiger charge is 2.36. The van der Waals surface area contributed by atoms with Crippen molar-refractivity contribution in [3.63, 3.8) is 0 Å². The number of likely N-dealkylation sites (tertiary alicyclic amines) is 1. The number of halogens is 2. The van der Waals surface area contributed by atoms with Crippen LogP contribution < -0.4 is 0 Å². The third-order valence-electron chi connectivity index (χ3n) is 3.32. The van der Waals surface area contributed by atoms with Gasteiger partial charge in [0.25, 0.3) is 5.92 Å². The third-order valence-corrected chi connectivity index (χ3v) is 3.32. The first kappa shape index (κ1) is 13.7. The van der Waals surface area contributed by atoms with E-state index in [1.165, 1.54) is 4.90 Å². The standard InChI is InChI=1S/C15H17F2NO/c1-2-12-4-6-13(7-5-12)10-14(19)18-9-3-8-15(16,17)11-18/h2,4-7H,1,3,8-11H2. The Morgan fingerprint density at radius 3 is 2.63 bits per heavy atom. The number of amides is 1. The fraction of sp³-hybridized carbons (Fsp3) is 0.400. The van der Waals surface area contributed by atoms with Gasteiger partial charge in [-0.25, -0.2) is 8.78 Å². The van der Waals surface area contributed by atoms with Gasteiger partial charge < -0.3 is 4.90 Å². The molecule has 1 aliphatic heterocycles. The van der Waals surface area contributed by atoms with Gasteiger partial charge in [-0.05, 0) is 17.5 Å². The summed E-state index contributed by atoms with van der Waals surface area (Å²) >= 11 is 0. The molecule has 2 nitrogen and oxygen atoms in total. The molecule has 1 fully saturated rings. The maximum Gasteiger partial charge on any atom is 0.265 e. The molecule has 0 radical (unpaired) electrons. The van der Waals surface area contributed by atoms with E-state index in [1.54, 1.807) is 6.08 Å². The summed E-state index contributed by atoms with van der Waals surface area (Å²) in [5.74, 6) is -2.97. The van der Waals surface area contributed by atoms with Crippen LogP contribution in [0.1, 0.15) is 24.0 Å². The quantitative estimate of drug-likeness (QED) is 0.822. The average molecular weight is 265 g/mol. The Balaban J connectivity index is 1.98. The number of benzene rings is 1. The first-order chi connectivity index (χ1) is 9.00. The van der Waals surface area contributed by atoms with Crippen molar-refractivity contribution in [3.8, 4) is 0 Å². The van der Waals surface area contributed by atoms with Crippen LogP contribution in [0, 0.1) is 0 Å². The molecular weight excluding hydrogens is 248 g/mol. The molecule has 0 aromatic heterocycles. The molecule has 4 heteroatoms. The lowest BCUT2D eigenvalue weighted by molar-refractivity contribution is -0.140. The van der Waals surface area contributed by atoms with E-state index in [-0.39, 0.29) is 18.7 Å². The van der Waals surface area contributed by atoms with E-state index in [9.17, 15) is 13.6 Å². The van der Waals surface area contributed by atoms with Gasteiger partial charge in [0.2, 0.25) is 5.91 Å². The molecule has 0 spiro atoms. The highest BCUT2D eigenvalue weighted by molar-refractivity contribution is 5.79. The number of rotatable bonds is 3. The topological polar surface area (TPSA) is 20.3 Å². The number of carbonyl (C=O) groups is 1. The fourth-order valence-electron chi connectivity index (χ4n) is 2.24. The molecule has 1 saturated heterocycles. The van der Waals surface area contributed by atoms with E-state index in [1.807, 2.05) is 24.3 Å². The monoisotopic (exact) mass is 265 g/mol. The Hall–Kier alpha value is -1.71. The zero-order valence-corrected chi connectivity index (χ0v) is 10.7. The highest BCUT2D eigenvalue weighted by atomic mass is 19.3. The second-order valence-electron chi connectivity index (χ2n) is 4.90. The molecule has 0 N–H and O–H groups in total. The van der Waals surface area contributed by atoms with Crippen molar-refractivity contribution < 1.29 is 13.6 Å². The Morgan fingerprint density at radius 1 is 1.37 bits per heavy atom. The summed E-state index contributed by atoms with van der Waals surface area (Å²) in [7, 11) is 0. The second-order valence-corrected chi connectivity index (χ2v) is 4.90. The third kappa shape index (κ3) is 3.63. The smallest absolute Gasteiger partial charge is 0.265 e. The van der Waals surface area contributed by atoms with Crippen LogP contribution >= 0.6 is 0 Å². The summed E-state index contributed by atoms with van der Waals surface area (Å²) in [6, 6.07) is 7.38. The molecule has 0 aliphatic carbocycles. The summed E-state index contributed by atoms with van der Waals surface area (Å²) in [6.45, 7) is 3.63. The Morgan fingerprint density at radius 2 is 2.05 bits per heavy atom. The molecule has 1 aromatic carbocycles. The van der Waals surface area contributed by atoms with Gasteiger partial charge in [-0.3, -0.25) is 4.79 Å². The van der Waals surface area contributed by atoms with Crippen molar-refractivity contribution in [1.82, 2.24) is 4.90 Å². The number of piperidine rings is 1. The van der Waals surface area contributed by atoms with Crippen LogP contribution in [0.3, 0.4) is 0 Å². The molecule has 1 heterocycles. The van der Waals surface area contributed by atoms with E-state index in [0.717, 1.165) is 11.1 Å². The van der Waals surface area contributed by atoms with Gasteiger partial charge >= 0.3 is 0 Å². The first-order valence-corrected chi connectivity index (χ1v) is 6.37. The van der Waals surface area contributed by atoms with Crippen LogP contribution in [0.2, 0.25) is 0 Å². The minimum Gasteiger partial charge on any atom is -0.336 e. The van der Waals surface area contributed by atoms with Gasteiger partial charge in [0.05, 0.1) is 13.0 Å². The van der Waals surface area contributed by atoms with E-state index < -0.39 is 12.5 Å². The maximum atomic E-state index is 13.2. The summed E-state index contributed by atoms with van der Waals surface area (Å²) < 4.78 is 26.5. The fourth-order valence-corrected chi connectivity index (χ4v) is 2.24. The van der Waals surface area contributed by atoms with Crippen LogP contribution in [0.4, 0.5) is 8.78 Å². The van der Waals surface area contributed by atoms with E-state index in [0.29, 0.717) is 13.0 Å². The lowest BCUT2D eigenvalue weighted by Crippen LogP contribution is -2.46. The van der Waals surface area contributed by atoms with Gasteiger partial charge in [-0.1, -0.05) is 36.9 Å². The molecule has 102 valence electrons. The summed E-state index contributed by atoms with van der Waals surface area (Å²) in [5, 5.41) is 0. The van der Waals surface area contributed by atoms with Crippen molar-refractivity contribution in [2.45, 2.75) is 25.2 Å². The predicted octanol–water partition coefficient (Wildman–Crippen LogP) is 3.13. The summed E-state index contributed by atoms with van der Waals surface area (Å²) in [5.41, 5.74) is 1.81. The minimum absolute atomic E-state index is 0.120. The van der Waals surface area contributed by atoms with Crippen LogP contribution in [-0.4, -0.2) is 29.8 Å². The lowest BCUT2D eigenvalue weighted by Gasteiger charge is -2.32. The molecular formula is C15H17F2NO. The Kier molecular flexibility index (Phi) is 3.98. The molecule has 1 amide bonds. The van der Waals surface area contributed by atoms with Crippen molar-refractivity contribution in [3.05, 3.63) is 42.0 Å². The second kappa shape index (κ2) is 5.51. The molecule has 0 atom stereocenters. The molecule has 0 unspecified atom stereocenters. The Labute approximate surface area is 111 Å². The number of carbonyl (C=O) groups excluding carboxylic acids is 1. The van der Waals surface area contributed by atoms with Crippen LogP contribution in [0.15, 0.2) is 30.8 Å². The molecule has 2 rings (SSSR count). The number of nitrogens with zero attached hydrogens (tertiary/aromatic N) is 1. The largest absolute Gasteiger partial charge is 0.336 e. The Bertz CT molecular complexity index is 468. The lowest BCUT2D eigenvalue weighted by atomic mass is 10.0. The average Bonchev–Trinajstić information content (AvgIpc) is 2.38. The van der Waals surface area contributed by atoms with E-state index >= 15 is 0 Å². The number of alkyl halides is 2. The van der Waals surface area contributed by atoms with Crippen LogP contribution in [-0.2, 0) is 11.2 Å². The van der Waals surface area contributed by atoms with Crippen molar-refractivity contribution >= 4 is 12.0 Å². The normalized spacial score (nSPS) is 18.1. The first-order valence-electron chi connectivity index (χ1n) is 6.37. The number of hydrogen-bond acceptors (Lipinski definition) is 1. The van der Waals surface area contributed by atoms with Gasteiger partial charge in [0.15, 0.2) is 0 Å². The van der Waals surface area contributed by atoms with Crippen molar-refractivity contribution in [2.75, 3.05) is 13.1 Å². The minimum atomic E-state index is -2.74. The van der Waals surface area contributed by atoms with Gasteiger partial charge in [-0.2, -0.15) is 0 Å². The number of hydrogen-bond donors (Lipinski definition) is 0. The summed E-state index contributed by atoms with van der Waals surface area (Å²) in [6.07, 6.45) is 2.14. The van der Waals surface area contributed by atoms with Gasteiger partial charge in [0, 0.05) is 13.0 Å².